The molecule has 3 rings (SSSR count). The number of benzene rings is 2. The van der Waals surface area contributed by atoms with Crippen LogP contribution in [0.1, 0.15) is 28.1 Å². The Kier molecular flexibility index (Phi) is 6.69. The number of pyridine rings is 1. The maximum absolute atomic E-state index is 13.5. The Morgan fingerprint density at radius 3 is 1.94 bits per heavy atom. The molecule has 2 N–H and O–H groups in total. The average molecular weight is 442 g/mol. The van der Waals surface area contributed by atoms with Gasteiger partial charge in [-0.1, -0.05) is 12.1 Å². The largest absolute Gasteiger partial charge is 0.448 e. The van der Waals surface area contributed by atoms with Crippen LogP contribution in [0.15, 0.2) is 54.6 Å². The van der Waals surface area contributed by atoms with Crippen molar-refractivity contribution in [2.45, 2.75) is 12.7 Å². The highest BCUT2D eigenvalue weighted by Crippen LogP contribution is 2.19. The Hall–Kier alpha value is -3.99. The zero-order valence-electron chi connectivity index (χ0n) is 16.6. The summed E-state index contributed by atoms with van der Waals surface area (Å²) in [4.78, 5) is 0. The second-order valence-electron chi connectivity index (χ2n) is 6.88. The third-order valence-corrected chi connectivity index (χ3v) is 4.52. The van der Waals surface area contributed by atoms with Crippen LogP contribution >= 0.6 is 0 Å². The lowest BCUT2D eigenvalue weighted by molar-refractivity contribution is -0.722. The molecule has 0 unspecified atom stereocenters. The summed E-state index contributed by atoms with van der Waals surface area (Å²) in [6, 6.07) is 14.2. The topological polar surface area (TPSA) is 53.7 Å². The van der Waals surface area contributed by atoms with E-state index in [1.807, 2.05) is 0 Å². The summed E-state index contributed by atoms with van der Waals surface area (Å²) in [5.74, 6) is -1.26. The number of nitriles is 1. The number of nitrogen functional groups attached to an aromatic ring is 1. The van der Waals surface area contributed by atoms with Gasteiger partial charge in [0.25, 0.3) is 0 Å². The quantitative estimate of drug-likeness (QED) is 0.317. The highest BCUT2D eigenvalue weighted by Gasteiger charge is 2.35. The molecule has 32 heavy (non-hydrogen) atoms. The van der Waals surface area contributed by atoms with E-state index >= 15 is 0 Å². The highest BCUT2D eigenvalue weighted by atomic mass is 19.4. The van der Waals surface area contributed by atoms with Gasteiger partial charge in [-0.15, -0.1) is 0 Å². The van der Waals surface area contributed by atoms with Gasteiger partial charge in [0, 0.05) is 24.3 Å². The van der Waals surface area contributed by atoms with Gasteiger partial charge in [-0.3, -0.25) is 0 Å². The summed E-state index contributed by atoms with van der Waals surface area (Å²) < 4.78 is 67.7. The number of aromatic nitrogens is 1. The zero-order valence-corrected chi connectivity index (χ0v) is 16.6. The van der Waals surface area contributed by atoms with Crippen LogP contribution in [0.25, 0.3) is 24.3 Å². The molecular weight excluding hydrogens is 425 g/mol. The molecule has 0 bridgehead atoms. The fourth-order valence-corrected chi connectivity index (χ4v) is 2.99. The summed E-state index contributed by atoms with van der Waals surface area (Å²) in [7, 11) is 0. The van der Waals surface area contributed by atoms with E-state index in [1.54, 1.807) is 12.1 Å². The highest BCUT2D eigenvalue weighted by molar-refractivity contribution is 5.70. The van der Waals surface area contributed by atoms with Crippen LogP contribution in [0.3, 0.4) is 0 Å². The van der Waals surface area contributed by atoms with Crippen molar-refractivity contribution in [3.05, 3.63) is 94.3 Å². The van der Waals surface area contributed by atoms with E-state index < -0.39 is 24.4 Å². The first-order valence-corrected chi connectivity index (χ1v) is 9.37. The number of hydrogen-bond donors (Lipinski definition) is 1. The Bertz CT molecular complexity index is 1240. The van der Waals surface area contributed by atoms with Gasteiger partial charge in [-0.05, 0) is 53.6 Å². The Balaban J connectivity index is 2.00. The van der Waals surface area contributed by atoms with Gasteiger partial charge in [0.1, 0.15) is 17.7 Å². The van der Waals surface area contributed by atoms with Gasteiger partial charge in [0.15, 0.2) is 0 Å². The fraction of sp³-hybridized carbons (Fsp3) is 0.0833. The number of halogens is 5. The fourth-order valence-electron chi connectivity index (χ4n) is 2.99. The molecular formula is C24H17F5N3+. The van der Waals surface area contributed by atoms with Gasteiger partial charge in [-0.2, -0.15) is 23.0 Å². The standard InChI is InChI=1S/C24H17F5N3/c25-21-10-6-16(12-18(21)14-30)4-8-19-2-1-3-20(32(19)15-24(27,28)29)9-5-17-7-11-22(26)23(31)13-17/h1-13H,15,31H2/q+1/b8-4+,9-5+. The summed E-state index contributed by atoms with van der Waals surface area (Å²) in [5.41, 5.74) is 6.79. The van der Waals surface area contributed by atoms with Crippen molar-refractivity contribution in [1.29, 1.82) is 5.26 Å². The molecule has 0 atom stereocenters. The number of rotatable bonds is 5. The van der Waals surface area contributed by atoms with Crippen LogP contribution in [0.4, 0.5) is 27.6 Å². The molecule has 0 aliphatic heterocycles. The minimum Gasteiger partial charge on any atom is -0.396 e. The van der Waals surface area contributed by atoms with Crippen molar-refractivity contribution >= 4 is 30.0 Å². The molecule has 0 saturated heterocycles. The van der Waals surface area contributed by atoms with E-state index in [0.29, 0.717) is 11.1 Å². The first-order valence-electron chi connectivity index (χ1n) is 9.37. The molecule has 1 heterocycles. The van der Waals surface area contributed by atoms with Crippen LogP contribution in [0.5, 0.6) is 0 Å². The third kappa shape index (κ3) is 5.79. The number of alkyl halides is 3. The van der Waals surface area contributed by atoms with Gasteiger partial charge >= 0.3 is 6.18 Å². The lowest BCUT2D eigenvalue weighted by Crippen LogP contribution is -2.46. The maximum atomic E-state index is 13.5. The molecule has 2 aromatic carbocycles. The molecule has 3 aromatic rings. The predicted molar refractivity (Wildman–Crippen MR) is 112 cm³/mol. The summed E-state index contributed by atoms with van der Waals surface area (Å²) in [6.07, 6.45) is 1.47. The van der Waals surface area contributed by atoms with Crippen molar-refractivity contribution in [3.8, 4) is 6.07 Å². The zero-order chi connectivity index (χ0) is 23.3. The van der Waals surface area contributed by atoms with E-state index in [4.69, 9.17) is 11.0 Å². The van der Waals surface area contributed by atoms with Gasteiger partial charge in [0.2, 0.25) is 17.9 Å². The van der Waals surface area contributed by atoms with Crippen LogP contribution in [-0.4, -0.2) is 6.18 Å². The summed E-state index contributed by atoms with van der Waals surface area (Å²) in [5, 5.41) is 8.94. The monoisotopic (exact) mass is 442 g/mol. The molecule has 0 aliphatic carbocycles. The first kappa shape index (κ1) is 22.7. The van der Waals surface area contributed by atoms with E-state index in [9.17, 15) is 22.0 Å². The van der Waals surface area contributed by atoms with E-state index in [0.717, 1.165) is 10.6 Å². The molecule has 8 heteroatoms. The lowest BCUT2D eigenvalue weighted by Gasteiger charge is -2.07. The number of anilines is 1. The van der Waals surface area contributed by atoms with Crippen LogP contribution < -0.4 is 10.3 Å². The van der Waals surface area contributed by atoms with Crippen molar-refractivity contribution in [2.24, 2.45) is 0 Å². The maximum Gasteiger partial charge on any atom is 0.448 e. The third-order valence-electron chi connectivity index (χ3n) is 4.52. The predicted octanol–water partition coefficient (Wildman–Crippen LogP) is 5.61. The molecule has 3 nitrogen and oxygen atoms in total. The van der Waals surface area contributed by atoms with E-state index in [1.165, 1.54) is 66.8 Å². The van der Waals surface area contributed by atoms with E-state index in [-0.39, 0.29) is 22.6 Å². The van der Waals surface area contributed by atoms with Crippen molar-refractivity contribution in [2.75, 3.05) is 5.73 Å². The minimum atomic E-state index is -4.48. The molecule has 0 spiro atoms. The van der Waals surface area contributed by atoms with Crippen LogP contribution in [-0.2, 0) is 6.54 Å². The molecule has 0 saturated carbocycles. The first-order chi connectivity index (χ1) is 15.2. The average Bonchev–Trinajstić information content (AvgIpc) is 2.74. The van der Waals surface area contributed by atoms with Crippen LogP contribution in [0, 0.1) is 23.0 Å². The lowest BCUT2D eigenvalue weighted by atomic mass is 10.1. The smallest absolute Gasteiger partial charge is 0.396 e. The molecule has 0 fully saturated rings. The molecule has 1 aromatic heterocycles. The van der Waals surface area contributed by atoms with Crippen LogP contribution in [0.2, 0.25) is 0 Å². The molecule has 0 radical (unpaired) electrons. The van der Waals surface area contributed by atoms with Crippen molar-refractivity contribution < 1.29 is 26.5 Å². The summed E-state index contributed by atoms with van der Waals surface area (Å²) >= 11 is 0. The number of nitrogens with zero attached hydrogens (tertiary/aromatic N) is 2. The Morgan fingerprint density at radius 1 is 0.844 bits per heavy atom. The summed E-state index contributed by atoms with van der Waals surface area (Å²) in [6.45, 7) is -1.24. The second kappa shape index (κ2) is 9.43. The SMILES string of the molecule is N#Cc1cc(/C=C/c2cccc(/C=C/c3ccc(F)c(N)c3)[n+]2CC(F)(F)F)ccc1F. The van der Waals surface area contributed by atoms with Crippen molar-refractivity contribution in [3.63, 3.8) is 0 Å². The van der Waals surface area contributed by atoms with E-state index in [2.05, 4.69) is 0 Å². The number of hydrogen-bond acceptors (Lipinski definition) is 2. The Morgan fingerprint density at radius 2 is 1.41 bits per heavy atom. The second-order valence-corrected chi connectivity index (χ2v) is 6.88. The molecule has 162 valence electrons. The Labute approximate surface area is 181 Å². The minimum absolute atomic E-state index is 0.0666. The van der Waals surface area contributed by atoms with Gasteiger partial charge < -0.3 is 5.73 Å². The van der Waals surface area contributed by atoms with Gasteiger partial charge in [-0.25, -0.2) is 8.78 Å². The molecule has 0 aliphatic rings. The number of nitrogens with two attached hydrogens (primary N) is 1. The van der Waals surface area contributed by atoms with Crippen molar-refractivity contribution in [1.82, 2.24) is 0 Å². The molecule has 0 amide bonds. The normalized spacial score (nSPS) is 11.9. The van der Waals surface area contributed by atoms with Gasteiger partial charge in [0.05, 0.1) is 11.3 Å².